The number of aromatic nitrogens is 3. The topological polar surface area (TPSA) is 60.3 Å². The summed E-state index contributed by atoms with van der Waals surface area (Å²) in [6, 6.07) is 5.79. The van der Waals surface area contributed by atoms with Gasteiger partial charge in [0.2, 0.25) is 5.16 Å². The molecule has 0 aliphatic carbocycles. The summed E-state index contributed by atoms with van der Waals surface area (Å²) in [4.78, 5) is 8.74. The highest BCUT2D eigenvalue weighted by Gasteiger charge is 2.18. The lowest BCUT2D eigenvalue weighted by Crippen LogP contribution is -2.00. The third-order valence-corrected chi connectivity index (χ3v) is 4.60. The van der Waals surface area contributed by atoms with Crippen molar-refractivity contribution in [3.8, 4) is 17.1 Å². The first-order valence-corrected chi connectivity index (χ1v) is 8.92. The number of benzene rings is 1. The van der Waals surface area contributed by atoms with E-state index in [2.05, 4.69) is 43.0 Å². The molecule has 3 rings (SSSR count). The molecule has 2 aromatic rings. The summed E-state index contributed by atoms with van der Waals surface area (Å²) >= 11 is 5.07. The molecule has 0 bridgehead atoms. The van der Waals surface area contributed by atoms with E-state index in [0.29, 0.717) is 16.7 Å². The molecule has 7 heteroatoms. The van der Waals surface area contributed by atoms with Gasteiger partial charge in [-0.25, -0.2) is 4.99 Å². The average Bonchev–Trinajstić information content (AvgIpc) is 2.70. The van der Waals surface area contributed by atoms with Crippen molar-refractivity contribution in [2.75, 3.05) is 5.75 Å². The zero-order valence-electron chi connectivity index (χ0n) is 12.1. The molecule has 0 atom stereocenters. The number of rotatable bonds is 5. The number of hydrogen-bond donors (Lipinski definition) is 0. The van der Waals surface area contributed by atoms with E-state index < -0.39 is 0 Å². The molecular formula is C15H15BrN4OS. The van der Waals surface area contributed by atoms with Crippen LogP contribution in [-0.2, 0) is 0 Å². The SMILES string of the molecule is CCCCCSc1nnc2c(n1)OC=Nc1ccc(Br)cc1-2. The quantitative estimate of drug-likeness (QED) is 0.560. The van der Waals surface area contributed by atoms with Gasteiger partial charge in [-0.1, -0.05) is 47.5 Å². The predicted octanol–water partition coefficient (Wildman–Crippen LogP) is 4.64. The van der Waals surface area contributed by atoms with Gasteiger partial charge in [0.15, 0.2) is 12.1 Å². The second-order valence-corrected chi connectivity index (χ2v) is 6.80. The van der Waals surface area contributed by atoms with E-state index in [1.165, 1.54) is 19.2 Å². The van der Waals surface area contributed by atoms with E-state index in [1.54, 1.807) is 11.8 Å². The Hall–Kier alpha value is -1.47. The molecule has 0 fully saturated rings. The zero-order chi connectivity index (χ0) is 15.4. The maximum Gasteiger partial charge on any atom is 0.251 e. The van der Waals surface area contributed by atoms with Crippen molar-refractivity contribution in [1.29, 1.82) is 0 Å². The Kier molecular flexibility index (Phi) is 5.04. The molecule has 0 saturated carbocycles. The van der Waals surface area contributed by atoms with E-state index in [9.17, 15) is 0 Å². The van der Waals surface area contributed by atoms with Gasteiger partial charge in [0.25, 0.3) is 5.88 Å². The summed E-state index contributed by atoms with van der Waals surface area (Å²) in [7, 11) is 0. The van der Waals surface area contributed by atoms with Crippen molar-refractivity contribution in [3.05, 3.63) is 22.7 Å². The average molecular weight is 379 g/mol. The molecular weight excluding hydrogens is 364 g/mol. The molecule has 0 radical (unpaired) electrons. The van der Waals surface area contributed by atoms with Gasteiger partial charge in [0.05, 0.1) is 5.69 Å². The Morgan fingerprint density at radius 2 is 2.14 bits per heavy atom. The second-order valence-electron chi connectivity index (χ2n) is 4.82. The maximum atomic E-state index is 5.51. The highest BCUT2D eigenvalue weighted by Crippen LogP contribution is 2.37. The minimum atomic E-state index is 0.452. The minimum absolute atomic E-state index is 0.452. The molecule has 1 aromatic heterocycles. The van der Waals surface area contributed by atoms with E-state index in [0.717, 1.165) is 27.9 Å². The molecule has 0 amide bonds. The normalized spacial score (nSPS) is 12.3. The number of hydrogen-bond acceptors (Lipinski definition) is 6. The van der Waals surface area contributed by atoms with Gasteiger partial charge >= 0.3 is 0 Å². The molecule has 0 unspecified atom stereocenters. The van der Waals surface area contributed by atoms with Gasteiger partial charge in [-0.3, -0.25) is 0 Å². The first-order chi connectivity index (χ1) is 10.8. The number of fused-ring (bicyclic) bond motifs is 3. The van der Waals surface area contributed by atoms with Crippen molar-refractivity contribution in [2.45, 2.75) is 31.3 Å². The van der Waals surface area contributed by atoms with Gasteiger partial charge in [0.1, 0.15) is 0 Å². The standard InChI is InChI=1S/C15H15BrN4OS/c1-2-3-4-7-22-15-18-14-13(19-20-15)11-8-10(16)5-6-12(11)17-9-21-14/h5-6,8-9H,2-4,7H2,1H3. The Balaban J connectivity index is 1.87. The fourth-order valence-corrected chi connectivity index (χ4v) is 3.21. The lowest BCUT2D eigenvalue weighted by atomic mass is 10.1. The number of aliphatic imine (C=N–C) groups is 1. The Bertz CT molecular complexity index is 708. The van der Waals surface area contributed by atoms with Crippen molar-refractivity contribution < 1.29 is 4.74 Å². The van der Waals surface area contributed by atoms with Crippen LogP contribution in [0.4, 0.5) is 5.69 Å². The van der Waals surface area contributed by atoms with Gasteiger partial charge in [-0.05, 0) is 24.6 Å². The molecule has 1 aliphatic rings. The molecule has 0 N–H and O–H groups in total. The van der Waals surface area contributed by atoms with E-state index >= 15 is 0 Å². The fraction of sp³-hybridized carbons (Fsp3) is 0.333. The van der Waals surface area contributed by atoms with E-state index in [1.807, 2.05) is 18.2 Å². The molecule has 1 aliphatic heterocycles. The summed E-state index contributed by atoms with van der Waals surface area (Å²) in [6.45, 7) is 2.19. The molecule has 0 spiro atoms. The fourth-order valence-electron chi connectivity index (χ4n) is 2.07. The van der Waals surface area contributed by atoms with Crippen LogP contribution >= 0.6 is 27.7 Å². The van der Waals surface area contributed by atoms with Crippen LogP contribution in [0, 0.1) is 0 Å². The molecule has 22 heavy (non-hydrogen) atoms. The number of nitrogens with zero attached hydrogens (tertiary/aromatic N) is 4. The number of ether oxygens (including phenoxy) is 1. The highest BCUT2D eigenvalue weighted by molar-refractivity contribution is 9.10. The summed E-state index contributed by atoms with van der Waals surface area (Å²) < 4.78 is 6.46. The van der Waals surface area contributed by atoms with Crippen molar-refractivity contribution in [2.24, 2.45) is 4.99 Å². The van der Waals surface area contributed by atoms with Gasteiger partial charge in [0, 0.05) is 15.8 Å². The monoisotopic (exact) mass is 378 g/mol. The van der Waals surface area contributed by atoms with Crippen molar-refractivity contribution in [1.82, 2.24) is 15.2 Å². The summed E-state index contributed by atoms with van der Waals surface area (Å²) in [5.74, 6) is 1.44. The lowest BCUT2D eigenvalue weighted by Gasteiger charge is -2.06. The van der Waals surface area contributed by atoms with Crippen LogP contribution < -0.4 is 4.74 Å². The van der Waals surface area contributed by atoms with Crippen LogP contribution in [0.5, 0.6) is 5.88 Å². The number of halogens is 1. The zero-order valence-corrected chi connectivity index (χ0v) is 14.5. The molecule has 0 saturated heterocycles. The first-order valence-electron chi connectivity index (χ1n) is 7.14. The predicted molar refractivity (Wildman–Crippen MR) is 92.0 cm³/mol. The lowest BCUT2D eigenvalue weighted by molar-refractivity contribution is 0.533. The summed E-state index contributed by atoms with van der Waals surface area (Å²) in [5.41, 5.74) is 2.27. The Morgan fingerprint density at radius 1 is 1.23 bits per heavy atom. The third-order valence-electron chi connectivity index (χ3n) is 3.18. The van der Waals surface area contributed by atoms with Gasteiger partial charge < -0.3 is 4.74 Å². The maximum absolute atomic E-state index is 5.51. The molecule has 1 aromatic carbocycles. The van der Waals surface area contributed by atoms with Gasteiger partial charge in [-0.2, -0.15) is 4.98 Å². The van der Waals surface area contributed by atoms with Gasteiger partial charge in [-0.15, -0.1) is 10.2 Å². The third kappa shape index (κ3) is 3.47. The van der Waals surface area contributed by atoms with Crippen LogP contribution in [0.3, 0.4) is 0 Å². The summed E-state index contributed by atoms with van der Waals surface area (Å²) in [5, 5.41) is 9.15. The van der Waals surface area contributed by atoms with Crippen LogP contribution in [0.1, 0.15) is 26.2 Å². The van der Waals surface area contributed by atoms with Crippen molar-refractivity contribution >= 4 is 39.8 Å². The summed E-state index contributed by atoms with van der Waals surface area (Å²) in [6.07, 6.45) is 4.98. The molecule has 5 nitrogen and oxygen atoms in total. The van der Waals surface area contributed by atoms with Crippen molar-refractivity contribution in [3.63, 3.8) is 0 Å². The van der Waals surface area contributed by atoms with E-state index in [4.69, 9.17) is 4.74 Å². The van der Waals surface area contributed by atoms with E-state index in [-0.39, 0.29) is 0 Å². The largest absolute Gasteiger partial charge is 0.425 e. The Labute approximate surface area is 141 Å². The van der Waals surface area contributed by atoms with Crippen LogP contribution in [0.2, 0.25) is 0 Å². The van der Waals surface area contributed by atoms with Crippen LogP contribution in [-0.4, -0.2) is 27.3 Å². The molecule has 114 valence electrons. The Morgan fingerprint density at radius 3 is 3.00 bits per heavy atom. The highest BCUT2D eigenvalue weighted by atomic mass is 79.9. The smallest absolute Gasteiger partial charge is 0.251 e. The second kappa shape index (κ2) is 7.19. The van der Waals surface area contributed by atoms with Crippen LogP contribution in [0.15, 0.2) is 32.8 Å². The molecule has 2 heterocycles. The number of thioether (sulfide) groups is 1. The minimum Gasteiger partial charge on any atom is -0.425 e. The number of unbranched alkanes of at least 4 members (excludes halogenated alkanes) is 2. The first kappa shape index (κ1) is 15.4. The van der Waals surface area contributed by atoms with Crippen LogP contribution in [0.25, 0.3) is 11.3 Å².